The van der Waals surface area contributed by atoms with Gasteiger partial charge in [0.2, 0.25) is 5.91 Å². The van der Waals surface area contributed by atoms with Gasteiger partial charge in [-0.2, -0.15) is 0 Å². The van der Waals surface area contributed by atoms with Crippen LogP contribution in [-0.4, -0.2) is 29.3 Å². The van der Waals surface area contributed by atoms with Gasteiger partial charge in [0, 0.05) is 18.5 Å². The first-order valence-electron chi connectivity index (χ1n) is 5.91. The first kappa shape index (κ1) is 13.3. The van der Waals surface area contributed by atoms with Crippen LogP contribution in [0.25, 0.3) is 0 Å². The third kappa shape index (κ3) is 3.19. The highest BCUT2D eigenvalue weighted by Gasteiger charge is 2.31. The zero-order chi connectivity index (χ0) is 13.1. The molecule has 0 radical (unpaired) electrons. The molecule has 0 atom stereocenters. The normalized spacial score (nSPS) is 14.6. The molecule has 0 aliphatic heterocycles. The van der Waals surface area contributed by atoms with Gasteiger partial charge in [-0.3, -0.25) is 4.79 Å². The minimum Gasteiger partial charge on any atom is -0.338 e. The van der Waals surface area contributed by atoms with E-state index in [0.29, 0.717) is 18.0 Å². The summed E-state index contributed by atoms with van der Waals surface area (Å²) < 4.78 is 25.8. The number of carbonyl (C=O) groups excluding carboxylic acids is 1. The van der Waals surface area contributed by atoms with E-state index in [1.54, 1.807) is 4.90 Å². The Kier molecular flexibility index (Phi) is 4.17. The first-order valence-corrected chi connectivity index (χ1v) is 6.44. The molecule has 1 aromatic rings. The van der Waals surface area contributed by atoms with Crippen molar-refractivity contribution in [1.29, 1.82) is 0 Å². The fraction of sp³-hybridized carbons (Fsp3) is 0.462. The minimum absolute atomic E-state index is 0.0795. The highest BCUT2D eigenvalue weighted by molar-refractivity contribution is 6.18. The number of benzene rings is 1. The second-order valence-electron chi connectivity index (χ2n) is 4.43. The lowest BCUT2D eigenvalue weighted by molar-refractivity contribution is -0.130. The topological polar surface area (TPSA) is 20.3 Å². The van der Waals surface area contributed by atoms with Crippen LogP contribution in [-0.2, 0) is 11.2 Å². The second kappa shape index (κ2) is 5.65. The molecule has 1 amide bonds. The van der Waals surface area contributed by atoms with Gasteiger partial charge < -0.3 is 4.90 Å². The average Bonchev–Trinajstić information content (AvgIpc) is 3.15. The predicted octanol–water partition coefficient (Wildman–Crippen LogP) is 2.74. The highest BCUT2D eigenvalue weighted by Crippen LogP contribution is 2.27. The molecule has 0 N–H and O–H groups in total. The number of hydrogen-bond donors (Lipinski definition) is 0. The van der Waals surface area contributed by atoms with Gasteiger partial charge >= 0.3 is 0 Å². The van der Waals surface area contributed by atoms with Crippen LogP contribution < -0.4 is 0 Å². The standard InChI is InChI=1S/C13H14ClF2NO/c14-5-6-17(10-2-3-10)13(18)8-9-1-4-11(15)12(16)7-9/h1,4,7,10H,2-3,5-6,8H2. The number of nitrogens with zero attached hydrogens (tertiary/aromatic N) is 1. The Bertz CT molecular complexity index is 449. The Balaban J connectivity index is 2.02. The van der Waals surface area contributed by atoms with E-state index >= 15 is 0 Å². The van der Waals surface area contributed by atoms with Crippen molar-refractivity contribution in [3.8, 4) is 0 Å². The average molecular weight is 274 g/mol. The van der Waals surface area contributed by atoms with Crippen LogP contribution in [0.1, 0.15) is 18.4 Å². The molecule has 1 aliphatic rings. The molecule has 1 aliphatic carbocycles. The van der Waals surface area contributed by atoms with E-state index in [1.807, 2.05) is 0 Å². The van der Waals surface area contributed by atoms with Crippen molar-refractivity contribution in [2.45, 2.75) is 25.3 Å². The number of rotatable bonds is 5. The molecule has 0 unspecified atom stereocenters. The second-order valence-corrected chi connectivity index (χ2v) is 4.81. The lowest BCUT2D eigenvalue weighted by Crippen LogP contribution is -2.35. The van der Waals surface area contributed by atoms with E-state index in [1.165, 1.54) is 6.07 Å². The van der Waals surface area contributed by atoms with Crippen LogP contribution >= 0.6 is 11.6 Å². The summed E-state index contributed by atoms with van der Waals surface area (Å²) in [6.45, 7) is 0.509. The Hall–Kier alpha value is -1.16. The van der Waals surface area contributed by atoms with Crippen molar-refractivity contribution in [3.05, 3.63) is 35.4 Å². The lowest BCUT2D eigenvalue weighted by Gasteiger charge is -2.21. The van der Waals surface area contributed by atoms with E-state index in [9.17, 15) is 13.6 Å². The summed E-state index contributed by atoms with van der Waals surface area (Å²) in [6.07, 6.45) is 2.09. The van der Waals surface area contributed by atoms with Crippen LogP contribution in [0.5, 0.6) is 0 Å². The van der Waals surface area contributed by atoms with Gasteiger partial charge in [-0.15, -0.1) is 11.6 Å². The van der Waals surface area contributed by atoms with Gasteiger partial charge in [0.1, 0.15) is 0 Å². The summed E-state index contributed by atoms with van der Waals surface area (Å²) in [5.74, 6) is -1.51. The number of carbonyl (C=O) groups is 1. The molecule has 0 spiro atoms. The molecule has 2 nitrogen and oxygen atoms in total. The summed E-state index contributed by atoms with van der Waals surface area (Å²) in [6, 6.07) is 3.82. The highest BCUT2D eigenvalue weighted by atomic mass is 35.5. The summed E-state index contributed by atoms with van der Waals surface area (Å²) in [4.78, 5) is 13.8. The van der Waals surface area contributed by atoms with Crippen molar-refractivity contribution in [3.63, 3.8) is 0 Å². The Morgan fingerprint density at radius 3 is 2.61 bits per heavy atom. The van der Waals surface area contributed by atoms with E-state index in [0.717, 1.165) is 25.0 Å². The number of hydrogen-bond acceptors (Lipinski definition) is 1. The van der Waals surface area contributed by atoms with Gasteiger partial charge in [0.05, 0.1) is 6.42 Å². The number of alkyl halides is 1. The summed E-state index contributed by atoms with van der Waals surface area (Å²) in [5.41, 5.74) is 0.485. The third-order valence-electron chi connectivity index (χ3n) is 2.97. The molecule has 2 rings (SSSR count). The molecule has 0 heterocycles. The van der Waals surface area contributed by atoms with Crippen LogP contribution in [0, 0.1) is 11.6 Å². The largest absolute Gasteiger partial charge is 0.338 e. The molecule has 0 aromatic heterocycles. The Morgan fingerprint density at radius 2 is 2.06 bits per heavy atom. The van der Waals surface area contributed by atoms with Crippen molar-refractivity contribution < 1.29 is 13.6 Å². The van der Waals surface area contributed by atoms with Crippen LogP contribution in [0.3, 0.4) is 0 Å². The quantitative estimate of drug-likeness (QED) is 0.756. The molecular weight excluding hydrogens is 260 g/mol. The summed E-state index contributed by atoms with van der Waals surface area (Å²) >= 11 is 5.66. The molecule has 1 saturated carbocycles. The maximum atomic E-state index is 13.0. The molecule has 0 saturated heterocycles. The minimum atomic E-state index is -0.921. The SMILES string of the molecule is O=C(Cc1ccc(F)c(F)c1)N(CCCl)C1CC1. The van der Waals surface area contributed by atoms with E-state index in [-0.39, 0.29) is 18.4 Å². The molecule has 5 heteroatoms. The van der Waals surface area contributed by atoms with E-state index in [4.69, 9.17) is 11.6 Å². The lowest BCUT2D eigenvalue weighted by atomic mass is 10.1. The fourth-order valence-electron chi connectivity index (χ4n) is 1.91. The maximum Gasteiger partial charge on any atom is 0.227 e. The maximum absolute atomic E-state index is 13.0. The predicted molar refractivity (Wildman–Crippen MR) is 65.5 cm³/mol. The summed E-state index contributed by atoms with van der Waals surface area (Å²) in [5, 5.41) is 0. The molecule has 1 aromatic carbocycles. The third-order valence-corrected chi connectivity index (χ3v) is 3.14. The van der Waals surface area contributed by atoms with Gasteiger partial charge in [-0.05, 0) is 30.5 Å². The number of amides is 1. The van der Waals surface area contributed by atoms with Crippen LogP contribution in [0.4, 0.5) is 8.78 Å². The summed E-state index contributed by atoms with van der Waals surface area (Å²) in [7, 11) is 0. The van der Waals surface area contributed by atoms with Gasteiger partial charge in [-0.25, -0.2) is 8.78 Å². The smallest absolute Gasteiger partial charge is 0.227 e. The zero-order valence-corrected chi connectivity index (χ0v) is 10.6. The molecule has 0 bridgehead atoms. The van der Waals surface area contributed by atoms with Crippen LogP contribution in [0.2, 0.25) is 0 Å². The van der Waals surface area contributed by atoms with Gasteiger partial charge in [0.15, 0.2) is 11.6 Å². The molecular formula is C13H14ClF2NO. The Morgan fingerprint density at radius 1 is 1.33 bits per heavy atom. The Labute approximate surface area is 110 Å². The van der Waals surface area contributed by atoms with E-state index < -0.39 is 11.6 Å². The van der Waals surface area contributed by atoms with E-state index in [2.05, 4.69) is 0 Å². The number of halogens is 3. The van der Waals surface area contributed by atoms with Crippen molar-refractivity contribution in [1.82, 2.24) is 4.90 Å². The first-order chi connectivity index (χ1) is 8.61. The van der Waals surface area contributed by atoms with Crippen LogP contribution in [0.15, 0.2) is 18.2 Å². The zero-order valence-electron chi connectivity index (χ0n) is 9.83. The molecule has 98 valence electrons. The van der Waals surface area contributed by atoms with Crippen molar-refractivity contribution in [2.75, 3.05) is 12.4 Å². The molecule has 18 heavy (non-hydrogen) atoms. The fourth-order valence-corrected chi connectivity index (χ4v) is 2.10. The molecule has 1 fully saturated rings. The van der Waals surface area contributed by atoms with Gasteiger partial charge in [-0.1, -0.05) is 6.07 Å². The van der Waals surface area contributed by atoms with Crippen molar-refractivity contribution in [2.24, 2.45) is 0 Å². The van der Waals surface area contributed by atoms with Crippen molar-refractivity contribution >= 4 is 17.5 Å². The monoisotopic (exact) mass is 273 g/mol. The van der Waals surface area contributed by atoms with Gasteiger partial charge in [0.25, 0.3) is 0 Å².